The third-order valence-electron chi connectivity index (χ3n) is 3.36. The number of aliphatic hydroxyl groups is 2. The Morgan fingerprint density at radius 1 is 1.47 bits per heavy atom. The molecule has 0 bridgehead atoms. The van der Waals surface area contributed by atoms with Gasteiger partial charge in [-0.25, -0.2) is 0 Å². The molecule has 19 heavy (non-hydrogen) atoms. The van der Waals surface area contributed by atoms with Crippen LogP contribution in [-0.4, -0.2) is 50.1 Å². The molecule has 3 heterocycles. The minimum Gasteiger partial charge on any atom is -0.387 e. The quantitative estimate of drug-likeness (QED) is 0.530. The van der Waals surface area contributed by atoms with Crippen LogP contribution >= 0.6 is 12.6 Å². The van der Waals surface area contributed by atoms with Gasteiger partial charge in [0.15, 0.2) is 6.23 Å². The van der Waals surface area contributed by atoms with Gasteiger partial charge in [-0.1, -0.05) is 0 Å². The number of nitrogen functional groups attached to an aromatic ring is 1. The zero-order chi connectivity index (χ0) is 13.6. The molecule has 1 aromatic rings. The van der Waals surface area contributed by atoms with E-state index in [4.69, 9.17) is 10.5 Å². The van der Waals surface area contributed by atoms with Gasteiger partial charge < -0.3 is 25.3 Å². The summed E-state index contributed by atoms with van der Waals surface area (Å²) in [5.74, 6) is 1.33. The molecule has 4 atom stereocenters. The zero-order valence-corrected chi connectivity index (χ0v) is 11.0. The van der Waals surface area contributed by atoms with E-state index in [1.807, 2.05) is 10.6 Å². The number of nitrogens with zero attached hydrogens (tertiary/aromatic N) is 3. The summed E-state index contributed by atoms with van der Waals surface area (Å²) < 4.78 is 7.50. The van der Waals surface area contributed by atoms with Crippen molar-refractivity contribution in [2.45, 2.75) is 31.1 Å². The smallest absolute Gasteiger partial charge is 0.214 e. The van der Waals surface area contributed by atoms with E-state index in [0.717, 1.165) is 0 Å². The lowest BCUT2D eigenvalue weighted by molar-refractivity contribution is 0.0202. The molecule has 4 N–H and O–H groups in total. The molecular weight excluding hydrogens is 268 g/mol. The highest BCUT2D eigenvalue weighted by atomic mass is 32.1. The number of aliphatic hydroxyl groups excluding tert-OH is 2. The van der Waals surface area contributed by atoms with Crippen molar-refractivity contribution in [2.24, 2.45) is 0 Å². The largest absolute Gasteiger partial charge is 0.387 e. The second-order valence-electron chi connectivity index (χ2n) is 4.64. The predicted molar refractivity (Wildman–Crippen MR) is 72.8 cm³/mol. The van der Waals surface area contributed by atoms with Gasteiger partial charge in [-0.2, -0.15) is 17.6 Å². The maximum Gasteiger partial charge on any atom is 0.214 e. The van der Waals surface area contributed by atoms with Gasteiger partial charge in [-0.15, -0.1) is 0 Å². The number of rotatable bonds is 2. The number of nitrogens with two attached hydrogens (primary N) is 1. The van der Waals surface area contributed by atoms with Gasteiger partial charge in [0.05, 0.1) is 6.10 Å². The van der Waals surface area contributed by atoms with Crippen molar-refractivity contribution in [1.29, 1.82) is 0 Å². The molecule has 2 aliphatic heterocycles. The van der Waals surface area contributed by atoms with E-state index in [2.05, 4.69) is 17.6 Å². The van der Waals surface area contributed by atoms with E-state index < -0.39 is 24.5 Å². The Morgan fingerprint density at radius 3 is 2.95 bits per heavy atom. The van der Waals surface area contributed by atoms with Crippen molar-refractivity contribution in [1.82, 2.24) is 9.55 Å². The summed E-state index contributed by atoms with van der Waals surface area (Å²) in [6.07, 6.45) is 2.24. The highest BCUT2D eigenvalue weighted by Gasteiger charge is 2.45. The Balaban J connectivity index is 1.90. The first kappa shape index (κ1) is 12.8. The zero-order valence-electron chi connectivity index (χ0n) is 10.1. The SMILES string of the molecule is Nc1cn2c(n1)N([C@@H]1O[C@H](CS)[C@@H](O)[C@H]1O)C=CC2. The molecule has 0 spiro atoms. The summed E-state index contributed by atoms with van der Waals surface area (Å²) in [6.45, 7) is 0.664. The van der Waals surface area contributed by atoms with Gasteiger partial charge >= 0.3 is 0 Å². The lowest BCUT2D eigenvalue weighted by Gasteiger charge is -2.30. The molecule has 8 heteroatoms. The van der Waals surface area contributed by atoms with Crippen LogP contribution in [0.5, 0.6) is 0 Å². The molecule has 3 rings (SSSR count). The molecule has 104 valence electrons. The van der Waals surface area contributed by atoms with Gasteiger partial charge in [-0.3, -0.25) is 4.90 Å². The van der Waals surface area contributed by atoms with E-state index in [0.29, 0.717) is 24.1 Å². The highest BCUT2D eigenvalue weighted by Crippen LogP contribution is 2.30. The molecule has 0 amide bonds. The van der Waals surface area contributed by atoms with E-state index >= 15 is 0 Å². The molecule has 7 nitrogen and oxygen atoms in total. The highest BCUT2D eigenvalue weighted by molar-refractivity contribution is 7.80. The van der Waals surface area contributed by atoms with Gasteiger partial charge in [0.25, 0.3) is 0 Å². The summed E-state index contributed by atoms with van der Waals surface area (Å²) in [6, 6.07) is 0. The summed E-state index contributed by atoms with van der Waals surface area (Å²) in [5, 5.41) is 20.0. The minimum atomic E-state index is -1.02. The monoisotopic (exact) mass is 284 g/mol. The molecule has 1 saturated heterocycles. The molecule has 1 aromatic heterocycles. The fourth-order valence-electron chi connectivity index (χ4n) is 2.42. The van der Waals surface area contributed by atoms with Crippen LogP contribution in [0, 0.1) is 0 Å². The first-order valence-corrected chi connectivity index (χ1v) is 6.65. The van der Waals surface area contributed by atoms with Crippen molar-refractivity contribution in [3.8, 4) is 0 Å². The third kappa shape index (κ3) is 2.00. The molecule has 0 aromatic carbocycles. The first-order chi connectivity index (χ1) is 9.11. The average molecular weight is 284 g/mol. The van der Waals surface area contributed by atoms with Gasteiger partial charge in [0.2, 0.25) is 5.95 Å². The fraction of sp³-hybridized carbons (Fsp3) is 0.545. The van der Waals surface area contributed by atoms with Crippen LogP contribution in [0.3, 0.4) is 0 Å². The maximum absolute atomic E-state index is 10.1. The van der Waals surface area contributed by atoms with Gasteiger partial charge in [0.1, 0.15) is 18.0 Å². The van der Waals surface area contributed by atoms with E-state index in [1.54, 1.807) is 17.3 Å². The van der Waals surface area contributed by atoms with E-state index in [-0.39, 0.29) is 0 Å². The Morgan fingerprint density at radius 2 is 2.26 bits per heavy atom. The number of hydrogen-bond acceptors (Lipinski definition) is 7. The van der Waals surface area contributed by atoms with Crippen LogP contribution in [-0.2, 0) is 11.3 Å². The molecule has 0 radical (unpaired) electrons. The molecule has 2 aliphatic rings. The summed E-state index contributed by atoms with van der Waals surface area (Å²) in [7, 11) is 0. The predicted octanol–water partition coefficient (Wildman–Crippen LogP) is -0.825. The van der Waals surface area contributed by atoms with Crippen molar-refractivity contribution >= 4 is 24.4 Å². The molecule has 1 fully saturated rings. The standard InChI is InChI=1S/C11H16N4O3S/c12-7-4-14-2-1-3-15(11(14)13-7)10-9(17)8(16)6(5-19)18-10/h1,3-4,6,8-10,16-17,19H,2,5,12H2/t6-,8-,9-,10-/m1/s1. The van der Waals surface area contributed by atoms with Crippen LogP contribution in [0.25, 0.3) is 0 Å². The van der Waals surface area contributed by atoms with Crippen LogP contribution in [0.4, 0.5) is 11.8 Å². The fourth-order valence-corrected chi connectivity index (χ4v) is 2.72. The molecular formula is C11H16N4O3S. The van der Waals surface area contributed by atoms with Crippen LogP contribution in [0.2, 0.25) is 0 Å². The maximum atomic E-state index is 10.1. The van der Waals surface area contributed by atoms with Gasteiger partial charge in [-0.05, 0) is 6.08 Å². The summed E-state index contributed by atoms with van der Waals surface area (Å²) in [5.41, 5.74) is 5.68. The van der Waals surface area contributed by atoms with Crippen molar-refractivity contribution in [2.75, 3.05) is 16.4 Å². The Kier molecular flexibility index (Phi) is 3.17. The number of ether oxygens (including phenoxy) is 1. The van der Waals surface area contributed by atoms with Crippen molar-refractivity contribution in [3.63, 3.8) is 0 Å². The van der Waals surface area contributed by atoms with Crippen molar-refractivity contribution < 1.29 is 14.9 Å². The van der Waals surface area contributed by atoms with E-state index in [1.165, 1.54) is 0 Å². The second kappa shape index (κ2) is 4.71. The third-order valence-corrected chi connectivity index (χ3v) is 3.72. The summed E-state index contributed by atoms with van der Waals surface area (Å²) in [4.78, 5) is 5.89. The number of thiol groups is 1. The summed E-state index contributed by atoms with van der Waals surface area (Å²) >= 11 is 4.11. The number of anilines is 2. The van der Waals surface area contributed by atoms with Crippen molar-refractivity contribution in [3.05, 3.63) is 18.5 Å². The van der Waals surface area contributed by atoms with Crippen LogP contribution < -0.4 is 10.6 Å². The number of allylic oxidation sites excluding steroid dienone is 1. The number of aromatic nitrogens is 2. The number of imidazole rings is 1. The molecule has 0 saturated carbocycles. The number of fused-ring (bicyclic) bond motifs is 1. The van der Waals surface area contributed by atoms with Crippen LogP contribution in [0.15, 0.2) is 18.5 Å². The molecule has 0 unspecified atom stereocenters. The first-order valence-electron chi connectivity index (χ1n) is 6.02. The molecule has 0 aliphatic carbocycles. The average Bonchev–Trinajstić information content (AvgIpc) is 2.90. The Hall–Kier alpha value is -1.22. The minimum absolute atomic E-state index is 0.336. The van der Waals surface area contributed by atoms with Crippen LogP contribution in [0.1, 0.15) is 0 Å². The Bertz CT molecular complexity index is 506. The second-order valence-corrected chi connectivity index (χ2v) is 5.00. The topological polar surface area (TPSA) is 96.8 Å². The number of hydrogen-bond donors (Lipinski definition) is 4. The lowest BCUT2D eigenvalue weighted by Crippen LogP contribution is -2.43. The Labute approximate surface area is 115 Å². The lowest BCUT2D eigenvalue weighted by atomic mass is 10.1. The van der Waals surface area contributed by atoms with E-state index in [9.17, 15) is 10.2 Å². The van der Waals surface area contributed by atoms with Gasteiger partial charge in [0, 0.05) is 24.7 Å². The normalized spacial score (nSPS) is 33.7.